The van der Waals surface area contributed by atoms with Gasteiger partial charge in [-0.1, -0.05) is 6.58 Å². The van der Waals surface area contributed by atoms with Crippen molar-refractivity contribution in [2.75, 3.05) is 0 Å². The molecule has 0 spiro atoms. The second-order valence-corrected chi connectivity index (χ2v) is 2.80. The van der Waals surface area contributed by atoms with E-state index in [1.54, 1.807) is 6.92 Å². The first kappa shape index (κ1) is 11.7. The molecular weight excluding hydrogens is 170 g/mol. The molecule has 0 aromatic carbocycles. The molecule has 0 aliphatic rings. The van der Waals surface area contributed by atoms with Crippen LogP contribution in [-0.4, -0.2) is 22.7 Å². The summed E-state index contributed by atoms with van der Waals surface area (Å²) in [6.07, 6.45) is -0.105. The van der Waals surface area contributed by atoms with Crippen LogP contribution in [0.5, 0.6) is 0 Å². The van der Waals surface area contributed by atoms with Gasteiger partial charge in [-0.2, -0.15) is 0 Å². The van der Waals surface area contributed by atoms with Gasteiger partial charge >= 0.3 is 0 Å². The standard InChI is InChI=1S/C9H15NO3/c1-6(2)8(4-5-11)9(13)10-7(3)12/h5,7,10,12-13H,1,4H2,2-3H3/b9-8+/t7-/m0/s1. The van der Waals surface area contributed by atoms with Crippen molar-refractivity contribution in [2.24, 2.45) is 0 Å². The molecule has 1 atom stereocenters. The van der Waals surface area contributed by atoms with E-state index in [9.17, 15) is 9.90 Å². The minimum atomic E-state index is -0.860. The van der Waals surface area contributed by atoms with E-state index in [0.29, 0.717) is 17.4 Å². The van der Waals surface area contributed by atoms with Gasteiger partial charge in [0, 0.05) is 12.0 Å². The van der Waals surface area contributed by atoms with E-state index in [1.165, 1.54) is 6.92 Å². The minimum Gasteiger partial charge on any atom is -0.495 e. The van der Waals surface area contributed by atoms with Crippen molar-refractivity contribution >= 4 is 6.29 Å². The van der Waals surface area contributed by atoms with Crippen molar-refractivity contribution in [3.8, 4) is 0 Å². The summed E-state index contributed by atoms with van der Waals surface area (Å²) < 4.78 is 0. The van der Waals surface area contributed by atoms with Gasteiger partial charge in [0.15, 0.2) is 5.88 Å². The number of hydrogen-bond acceptors (Lipinski definition) is 4. The lowest BCUT2D eigenvalue weighted by atomic mass is 10.1. The minimum absolute atomic E-state index is 0.0842. The molecule has 0 aliphatic heterocycles. The van der Waals surface area contributed by atoms with Crippen LogP contribution < -0.4 is 5.32 Å². The van der Waals surface area contributed by atoms with Crippen LogP contribution in [0.4, 0.5) is 0 Å². The zero-order valence-electron chi connectivity index (χ0n) is 7.87. The molecule has 0 aromatic heterocycles. The maximum absolute atomic E-state index is 10.2. The van der Waals surface area contributed by atoms with Crippen LogP contribution in [0.2, 0.25) is 0 Å². The number of rotatable bonds is 5. The Hall–Kier alpha value is -1.29. The van der Waals surface area contributed by atoms with Gasteiger partial charge in [0.1, 0.15) is 12.5 Å². The Morgan fingerprint density at radius 2 is 2.23 bits per heavy atom. The summed E-state index contributed by atoms with van der Waals surface area (Å²) in [7, 11) is 0. The summed E-state index contributed by atoms with van der Waals surface area (Å²) in [6, 6.07) is 0. The number of carbonyl (C=O) groups excluding carboxylic acids is 1. The fourth-order valence-corrected chi connectivity index (χ4v) is 0.841. The second kappa shape index (κ2) is 5.37. The van der Waals surface area contributed by atoms with Crippen LogP contribution in [0.3, 0.4) is 0 Å². The van der Waals surface area contributed by atoms with Crippen molar-refractivity contribution in [1.29, 1.82) is 0 Å². The SMILES string of the molecule is C=C(C)/C(CC=O)=C(/O)N[C@H](C)O. The molecule has 4 nitrogen and oxygen atoms in total. The Bertz CT molecular complexity index is 231. The molecule has 0 saturated carbocycles. The van der Waals surface area contributed by atoms with E-state index < -0.39 is 6.23 Å². The topological polar surface area (TPSA) is 69.6 Å². The van der Waals surface area contributed by atoms with Crippen LogP contribution in [0, 0.1) is 0 Å². The van der Waals surface area contributed by atoms with E-state index in [4.69, 9.17) is 5.11 Å². The highest BCUT2D eigenvalue weighted by molar-refractivity contribution is 5.57. The van der Waals surface area contributed by atoms with Gasteiger partial charge in [0.05, 0.1) is 0 Å². The van der Waals surface area contributed by atoms with Crippen molar-refractivity contribution in [3.05, 3.63) is 23.6 Å². The summed E-state index contributed by atoms with van der Waals surface area (Å²) in [5.74, 6) is -0.199. The Labute approximate surface area is 77.6 Å². The first-order chi connectivity index (χ1) is 5.99. The van der Waals surface area contributed by atoms with E-state index in [1.807, 2.05) is 0 Å². The first-order valence-corrected chi connectivity index (χ1v) is 3.95. The van der Waals surface area contributed by atoms with Gasteiger partial charge in [0.25, 0.3) is 0 Å². The van der Waals surface area contributed by atoms with E-state index in [2.05, 4.69) is 11.9 Å². The van der Waals surface area contributed by atoms with Crippen molar-refractivity contribution in [2.45, 2.75) is 26.5 Å². The molecule has 0 heterocycles. The molecular formula is C9H15NO3. The van der Waals surface area contributed by atoms with Crippen molar-refractivity contribution in [1.82, 2.24) is 5.32 Å². The molecule has 0 aromatic rings. The first-order valence-electron chi connectivity index (χ1n) is 3.95. The number of allylic oxidation sites excluding steroid dienone is 2. The molecule has 74 valence electrons. The van der Waals surface area contributed by atoms with Gasteiger partial charge in [-0.15, -0.1) is 0 Å². The van der Waals surface area contributed by atoms with Crippen molar-refractivity contribution in [3.63, 3.8) is 0 Å². The van der Waals surface area contributed by atoms with Crippen molar-refractivity contribution < 1.29 is 15.0 Å². The van der Waals surface area contributed by atoms with Crippen LogP contribution in [-0.2, 0) is 4.79 Å². The van der Waals surface area contributed by atoms with Gasteiger partial charge in [-0.25, -0.2) is 0 Å². The maximum atomic E-state index is 10.2. The summed E-state index contributed by atoms with van der Waals surface area (Å²) in [5.41, 5.74) is 1.01. The predicted octanol–water partition coefficient (Wildman–Crippen LogP) is 0.849. The van der Waals surface area contributed by atoms with Crippen LogP contribution in [0.25, 0.3) is 0 Å². The van der Waals surface area contributed by atoms with Gasteiger partial charge in [0.2, 0.25) is 0 Å². The van der Waals surface area contributed by atoms with Gasteiger partial charge in [-0.3, -0.25) is 0 Å². The lowest BCUT2D eigenvalue weighted by Gasteiger charge is -2.12. The Morgan fingerprint density at radius 3 is 2.54 bits per heavy atom. The average molecular weight is 185 g/mol. The molecule has 0 radical (unpaired) electrons. The summed E-state index contributed by atoms with van der Waals surface area (Å²) in [5, 5.41) is 20.6. The quantitative estimate of drug-likeness (QED) is 0.257. The monoisotopic (exact) mass is 185 g/mol. The largest absolute Gasteiger partial charge is 0.495 e. The number of nitrogens with one attached hydrogen (secondary N) is 1. The van der Waals surface area contributed by atoms with E-state index in [-0.39, 0.29) is 12.3 Å². The Kier molecular flexibility index (Phi) is 4.84. The van der Waals surface area contributed by atoms with Crippen LogP contribution in [0.15, 0.2) is 23.6 Å². The third kappa shape index (κ3) is 4.32. The molecule has 0 fully saturated rings. The maximum Gasteiger partial charge on any atom is 0.190 e. The lowest BCUT2D eigenvalue weighted by Crippen LogP contribution is -2.25. The summed E-state index contributed by atoms with van der Waals surface area (Å²) in [6.45, 7) is 6.75. The fourth-order valence-electron chi connectivity index (χ4n) is 0.841. The molecule has 0 aliphatic carbocycles. The number of aldehydes is 1. The smallest absolute Gasteiger partial charge is 0.190 e. The fraction of sp³-hybridized carbons (Fsp3) is 0.444. The Morgan fingerprint density at radius 1 is 1.69 bits per heavy atom. The highest BCUT2D eigenvalue weighted by Crippen LogP contribution is 2.12. The molecule has 4 heteroatoms. The highest BCUT2D eigenvalue weighted by Gasteiger charge is 2.07. The molecule has 0 unspecified atom stereocenters. The average Bonchev–Trinajstić information content (AvgIpc) is 1.97. The van der Waals surface area contributed by atoms with E-state index >= 15 is 0 Å². The summed E-state index contributed by atoms with van der Waals surface area (Å²) in [4.78, 5) is 10.2. The van der Waals surface area contributed by atoms with Crippen LogP contribution >= 0.6 is 0 Å². The molecule has 13 heavy (non-hydrogen) atoms. The third-order valence-corrected chi connectivity index (χ3v) is 1.43. The van der Waals surface area contributed by atoms with Crippen LogP contribution in [0.1, 0.15) is 20.3 Å². The zero-order chi connectivity index (χ0) is 10.4. The van der Waals surface area contributed by atoms with Gasteiger partial charge in [-0.05, 0) is 19.4 Å². The molecule has 0 bridgehead atoms. The lowest BCUT2D eigenvalue weighted by molar-refractivity contribution is -0.107. The molecule has 0 amide bonds. The molecule has 3 N–H and O–H groups in total. The van der Waals surface area contributed by atoms with Gasteiger partial charge < -0.3 is 20.3 Å². The third-order valence-electron chi connectivity index (χ3n) is 1.43. The van der Waals surface area contributed by atoms with E-state index in [0.717, 1.165) is 0 Å². The summed E-state index contributed by atoms with van der Waals surface area (Å²) >= 11 is 0. The number of hydrogen-bond donors (Lipinski definition) is 3. The highest BCUT2D eigenvalue weighted by atomic mass is 16.3. The Balaban J connectivity index is 4.63. The molecule has 0 saturated heterocycles. The molecule has 0 rings (SSSR count). The normalized spacial score (nSPS) is 14.4. The second-order valence-electron chi connectivity index (χ2n) is 2.80. The zero-order valence-corrected chi connectivity index (χ0v) is 7.87. The number of aliphatic hydroxyl groups is 2. The number of aliphatic hydroxyl groups excluding tert-OH is 2. The predicted molar refractivity (Wildman–Crippen MR) is 50.0 cm³/mol. The number of carbonyl (C=O) groups is 1.